The summed E-state index contributed by atoms with van der Waals surface area (Å²) in [5.74, 6) is 1.53. The van der Waals surface area contributed by atoms with E-state index < -0.39 is 6.04 Å². The maximum Gasteiger partial charge on any atom is 0.253 e. The number of hydrogen-bond donors (Lipinski definition) is 1. The van der Waals surface area contributed by atoms with Crippen molar-refractivity contribution in [2.45, 2.75) is 77.1 Å². The van der Waals surface area contributed by atoms with Crippen molar-refractivity contribution >= 4 is 10.9 Å². The van der Waals surface area contributed by atoms with Crippen molar-refractivity contribution < 1.29 is 9.15 Å². The first-order valence-corrected chi connectivity index (χ1v) is 13.4. The molecule has 4 aromatic rings. The number of hydrogen-bond acceptors (Lipinski definition) is 7. The third-order valence-corrected chi connectivity index (χ3v) is 7.82. The highest BCUT2D eigenvalue weighted by atomic mass is 16.5. The molecule has 0 unspecified atom stereocenters. The van der Waals surface area contributed by atoms with Crippen LogP contribution in [0.25, 0.3) is 10.9 Å². The van der Waals surface area contributed by atoms with Crippen molar-refractivity contribution in [2.24, 2.45) is 0 Å². The Morgan fingerprint density at radius 2 is 2.03 bits per heavy atom. The Morgan fingerprint density at radius 3 is 2.78 bits per heavy atom. The zero-order valence-electron chi connectivity index (χ0n) is 21.5. The van der Waals surface area contributed by atoms with Gasteiger partial charge in [0, 0.05) is 18.7 Å². The van der Waals surface area contributed by atoms with Crippen LogP contribution < -0.4 is 5.56 Å². The van der Waals surface area contributed by atoms with E-state index in [1.165, 1.54) is 0 Å². The minimum Gasteiger partial charge on any atom is -0.468 e. The predicted octanol–water partition coefficient (Wildman–Crippen LogP) is 4.61. The molecule has 0 amide bonds. The molecule has 0 spiro atoms. The van der Waals surface area contributed by atoms with Gasteiger partial charge in [-0.1, -0.05) is 24.5 Å². The van der Waals surface area contributed by atoms with Crippen LogP contribution in [0.2, 0.25) is 0 Å². The topological polar surface area (TPSA) is 102 Å². The van der Waals surface area contributed by atoms with Crippen LogP contribution in [-0.4, -0.2) is 49.3 Å². The zero-order chi connectivity index (χ0) is 25.4. The van der Waals surface area contributed by atoms with Gasteiger partial charge in [-0.2, -0.15) is 0 Å². The van der Waals surface area contributed by atoms with E-state index in [0.717, 1.165) is 72.9 Å². The third-order valence-electron chi connectivity index (χ3n) is 7.82. The number of aromatic amines is 1. The monoisotopic (exact) mass is 502 g/mol. The van der Waals surface area contributed by atoms with Crippen LogP contribution in [0.1, 0.15) is 78.9 Å². The minimum atomic E-state index is -0.459. The average Bonchev–Trinajstić information content (AvgIpc) is 3.68. The number of furan rings is 1. The molecule has 2 atom stereocenters. The number of pyridine rings is 1. The summed E-state index contributed by atoms with van der Waals surface area (Å²) in [6.07, 6.45) is 8.21. The Hall–Kier alpha value is -3.30. The molecule has 1 saturated carbocycles. The van der Waals surface area contributed by atoms with E-state index in [1.807, 2.05) is 29.8 Å². The van der Waals surface area contributed by atoms with E-state index in [0.29, 0.717) is 24.5 Å². The summed E-state index contributed by atoms with van der Waals surface area (Å²) in [4.78, 5) is 19.2. The van der Waals surface area contributed by atoms with Gasteiger partial charge >= 0.3 is 0 Å². The van der Waals surface area contributed by atoms with E-state index in [4.69, 9.17) is 9.15 Å². The Bertz CT molecular complexity index is 1410. The van der Waals surface area contributed by atoms with Gasteiger partial charge in [0.1, 0.15) is 11.8 Å². The fraction of sp³-hybridized carbons (Fsp3) is 0.500. The molecule has 9 nitrogen and oxygen atoms in total. The zero-order valence-corrected chi connectivity index (χ0v) is 21.5. The van der Waals surface area contributed by atoms with Crippen LogP contribution in [0, 0.1) is 13.8 Å². The van der Waals surface area contributed by atoms with Crippen LogP contribution in [0.3, 0.4) is 0 Å². The molecule has 1 aliphatic carbocycles. The second-order valence-corrected chi connectivity index (χ2v) is 10.6. The van der Waals surface area contributed by atoms with E-state index in [9.17, 15) is 4.79 Å². The van der Waals surface area contributed by atoms with Crippen LogP contribution in [0.15, 0.2) is 45.8 Å². The highest BCUT2D eigenvalue weighted by Crippen LogP contribution is 2.35. The Morgan fingerprint density at radius 1 is 1.16 bits per heavy atom. The molecule has 37 heavy (non-hydrogen) atoms. The lowest BCUT2D eigenvalue weighted by Gasteiger charge is -2.32. The Balaban J connectivity index is 1.52. The molecule has 1 N–H and O–H groups in total. The fourth-order valence-electron chi connectivity index (χ4n) is 6.11. The number of aromatic nitrogens is 5. The van der Waals surface area contributed by atoms with Crippen molar-refractivity contribution in [1.82, 2.24) is 30.1 Å². The smallest absolute Gasteiger partial charge is 0.253 e. The summed E-state index contributed by atoms with van der Waals surface area (Å²) in [5.41, 5.74) is 3.59. The minimum absolute atomic E-state index is 0.0808. The van der Waals surface area contributed by atoms with Crippen LogP contribution in [0.5, 0.6) is 0 Å². The number of benzene rings is 1. The summed E-state index contributed by atoms with van der Waals surface area (Å²) in [5, 5.41) is 14.1. The molecule has 0 bridgehead atoms. The van der Waals surface area contributed by atoms with Gasteiger partial charge in [-0.15, -0.1) is 5.10 Å². The van der Waals surface area contributed by atoms with Crippen LogP contribution >= 0.6 is 0 Å². The molecule has 9 heteroatoms. The van der Waals surface area contributed by atoms with Crippen molar-refractivity contribution in [3.8, 4) is 0 Å². The number of nitrogens with zero attached hydrogens (tertiary/aromatic N) is 5. The molecule has 6 rings (SSSR count). The number of nitrogens with one attached hydrogen (secondary N) is 1. The molecule has 194 valence electrons. The van der Waals surface area contributed by atoms with Gasteiger partial charge in [0.05, 0.1) is 30.5 Å². The molecule has 3 aromatic heterocycles. The fourth-order valence-corrected chi connectivity index (χ4v) is 6.11. The van der Waals surface area contributed by atoms with E-state index in [1.54, 1.807) is 6.26 Å². The first-order valence-electron chi connectivity index (χ1n) is 13.4. The Labute approximate surface area is 215 Å². The molecule has 0 radical (unpaired) electrons. The molecule has 1 aromatic carbocycles. The average molecular weight is 503 g/mol. The number of fused-ring (bicyclic) bond motifs is 1. The molecular weight excluding hydrogens is 468 g/mol. The van der Waals surface area contributed by atoms with Gasteiger partial charge in [-0.05, 0) is 85.2 Å². The third kappa shape index (κ3) is 4.85. The molecule has 4 heterocycles. The van der Waals surface area contributed by atoms with Gasteiger partial charge in [-0.3, -0.25) is 9.69 Å². The highest BCUT2D eigenvalue weighted by Gasteiger charge is 2.35. The molecular formula is C28H34N6O3. The van der Waals surface area contributed by atoms with Gasteiger partial charge in [-0.25, -0.2) is 4.68 Å². The second-order valence-electron chi connectivity index (χ2n) is 10.6. The molecule has 1 saturated heterocycles. The van der Waals surface area contributed by atoms with Crippen molar-refractivity contribution in [3.05, 3.63) is 75.2 Å². The summed E-state index contributed by atoms with van der Waals surface area (Å²) in [7, 11) is 0. The normalized spacial score (nSPS) is 19.4. The van der Waals surface area contributed by atoms with Gasteiger partial charge < -0.3 is 14.1 Å². The lowest BCUT2D eigenvalue weighted by molar-refractivity contribution is 0.0541. The van der Waals surface area contributed by atoms with E-state index >= 15 is 0 Å². The standard InChI is InChI=1S/C28H34N6O3/c1-18-13-19(2)25-20(14-18)15-24(28(35)29-25)26(27-30-31-32-34(27)21-7-3-4-8-21)33(16-22-9-5-11-36-22)17-23-10-6-12-37-23/h5,9,11,13-15,21,23,26H,3-4,6-8,10,12,16-17H2,1-2H3,(H,29,35)/t23-,26+/m1/s1. The SMILES string of the molecule is Cc1cc(C)c2[nH]c(=O)c([C@@H](c3nnnn3C3CCCC3)N(Cc3ccco3)C[C@H]3CCCO3)cc2c1. The Kier molecular flexibility index (Phi) is 6.65. The number of H-pyrrole nitrogens is 1. The summed E-state index contributed by atoms with van der Waals surface area (Å²) in [6, 6.07) is 9.88. The van der Waals surface area contributed by atoms with Crippen molar-refractivity contribution in [3.63, 3.8) is 0 Å². The maximum absolute atomic E-state index is 13.8. The molecule has 2 fully saturated rings. The summed E-state index contributed by atoms with van der Waals surface area (Å²) < 4.78 is 13.8. The number of ether oxygens (including phenoxy) is 1. The van der Waals surface area contributed by atoms with Crippen molar-refractivity contribution in [2.75, 3.05) is 13.2 Å². The van der Waals surface area contributed by atoms with Crippen LogP contribution in [0.4, 0.5) is 0 Å². The lowest BCUT2D eigenvalue weighted by atomic mass is 9.99. The van der Waals surface area contributed by atoms with E-state index in [2.05, 4.69) is 44.5 Å². The van der Waals surface area contributed by atoms with Gasteiger partial charge in [0.15, 0.2) is 5.82 Å². The summed E-state index contributed by atoms with van der Waals surface area (Å²) in [6.45, 7) is 6.03. The van der Waals surface area contributed by atoms with Crippen molar-refractivity contribution in [1.29, 1.82) is 0 Å². The number of rotatable bonds is 8. The first-order chi connectivity index (χ1) is 18.1. The summed E-state index contributed by atoms with van der Waals surface area (Å²) >= 11 is 0. The largest absolute Gasteiger partial charge is 0.468 e. The number of aryl methyl sites for hydroxylation is 2. The van der Waals surface area contributed by atoms with Gasteiger partial charge in [0.25, 0.3) is 5.56 Å². The van der Waals surface area contributed by atoms with E-state index in [-0.39, 0.29) is 17.7 Å². The lowest BCUT2D eigenvalue weighted by Crippen LogP contribution is -2.39. The molecule has 2 aliphatic rings. The number of tetrazole rings is 1. The maximum atomic E-state index is 13.8. The highest BCUT2D eigenvalue weighted by molar-refractivity contribution is 5.83. The molecule has 1 aliphatic heterocycles. The quantitative estimate of drug-likeness (QED) is 0.375. The predicted molar refractivity (Wildman–Crippen MR) is 139 cm³/mol. The first kappa shape index (κ1) is 24.1. The van der Waals surface area contributed by atoms with Gasteiger partial charge in [0.2, 0.25) is 0 Å². The second kappa shape index (κ2) is 10.2. The van der Waals surface area contributed by atoms with Crippen LogP contribution in [-0.2, 0) is 11.3 Å².